The van der Waals surface area contributed by atoms with Gasteiger partial charge in [0.1, 0.15) is 0 Å². The van der Waals surface area contributed by atoms with Crippen LogP contribution in [0.5, 0.6) is 0 Å². The van der Waals surface area contributed by atoms with E-state index < -0.39 is 0 Å². The van der Waals surface area contributed by atoms with Crippen LogP contribution in [0.3, 0.4) is 0 Å². The van der Waals surface area contributed by atoms with Gasteiger partial charge in [0.25, 0.3) is 0 Å². The number of ether oxygens (including phenoxy) is 1. The predicted octanol–water partition coefficient (Wildman–Crippen LogP) is 2.08. The van der Waals surface area contributed by atoms with Gasteiger partial charge in [-0.05, 0) is 34.1 Å². The first-order valence-electron chi connectivity index (χ1n) is 9.13. The second-order valence-corrected chi connectivity index (χ2v) is 8.11. The minimum atomic E-state index is 0.181. The normalized spacial score (nSPS) is 29.8. The van der Waals surface area contributed by atoms with Crippen LogP contribution in [0.4, 0.5) is 0 Å². The molecule has 3 unspecified atom stereocenters. The summed E-state index contributed by atoms with van der Waals surface area (Å²) in [6.45, 7) is 16.4. The molecule has 1 heterocycles. The summed E-state index contributed by atoms with van der Waals surface area (Å²) >= 11 is 0. The third kappa shape index (κ3) is 3.82. The Labute approximate surface area is 142 Å². The summed E-state index contributed by atoms with van der Waals surface area (Å²) in [7, 11) is 1.85. The monoisotopic (exact) mass is 324 g/mol. The molecule has 2 N–H and O–H groups in total. The van der Waals surface area contributed by atoms with E-state index in [1.807, 2.05) is 7.05 Å². The van der Waals surface area contributed by atoms with Gasteiger partial charge in [0.15, 0.2) is 5.96 Å². The highest BCUT2D eigenvalue weighted by atomic mass is 16.5. The highest BCUT2D eigenvalue weighted by Crippen LogP contribution is 2.51. The highest BCUT2D eigenvalue weighted by Gasteiger charge is 2.59. The Balaban J connectivity index is 1.82. The van der Waals surface area contributed by atoms with E-state index in [0.29, 0.717) is 30.1 Å². The van der Waals surface area contributed by atoms with Gasteiger partial charge in [0, 0.05) is 56.2 Å². The van der Waals surface area contributed by atoms with Crippen molar-refractivity contribution in [2.24, 2.45) is 16.3 Å². The summed E-state index contributed by atoms with van der Waals surface area (Å²) in [6.07, 6.45) is 1.58. The molecule has 0 spiro atoms. The Morgan fingerprint density at radius 3 is 2.48 bits per heavy atom. The number of hydrogen-bond donors (Lipinski definition) is 2. The first-order chi connectivity index (χ1) is 10.8. The molecule has 1 aliphatic heterocycles. The lowest BCUT2D eigenvalue weighted by Crippen LogP contribution is -2.68. The fourth-order valence-electron chi connectivity index (χ4n) is 4.38. The Morgan fingerprint density at radius 1 is 1.26 bits per heavy atom. The zero-order valence-electron chi connectivity index (χ0n) is 16.0. The molecule has 0 aromatic rings. The van der Waals surface area contributed by atoms with Crippen molar-refractivity contribution < 1.29 is 4.74 Å². The number of hydrogen-bond acceptors (Lipinski definition) is 3. The van der Waals surface area contributed by atoms with Crippen molar-refractivity contribution in [2.75, 3.05) is 26.7 Å². The molecular weight excluding hydrogens is 288 g/mol. The maximum Gasteiger partial charge on any atom is 0.191 e. The average molecular weight is 325 g/mol. The summed E-state index contributed by atoms with van der Waals surface area (Å²) in [5.41, 5.74) is 0.181. The molecular formula is C18H36N4O. The Morgan fingerprint density at radius 2 is 1.91 bits per heavy atom. The number of guanidine groups is 1. The fourth-order valence-corrected chi connectivity index (χ4v) is 4.38. The average Bonchev–Trinajstić information content (AvgIpc) is 2.92. The molecule has 0 aromatic carbocycles. The molecule has 1 saturated carbocycles. The standard InChI is InChI=1S/C18H36N4O/c1-12(2)22(13(3)4)10-9-20-17(19-7)21-15-14-8-11-23-16(14)18(15,5)6/h12-16H,8-11H2,1-7H3,(H2,19,20,21). The maximum absolute atomic E-state index is 5.87. The van der Waals surface area contributed by atoms with E-state index >= 15 is 0 Å². The summed E-state index contributed by atoms with van der Waals surface area (Å²) in [4.78, 5) is 6.91. The summed E-state index contributed by atoms with van der Waals surface area (Å²) in [5.74, 6) is 1.55. The van der Waals surface area contributed by atoms with Crippen LogP contribution >= 0.6 is 0 Å². The number of nitrogens with one attached hydrogen (secondary N) is 2. The first kappa shape index (κ1) is 18.5. The van der Waals surface area contributed by atoms with E-state index in [2.05, 4.69) is 62.1 Å². The third-order valence-electron chi connectivity index (χ3n) is 5.61. The first-order valence-corrected chi connectivity index (χ1v) is 9.13. The van der Waals surface area contributed by atoms with Gasteiger partial charge in [-0.15, -0.1) is 0 Å². The molecule has 2 aliphatic rings. The lowest BCUT2D eigenvalue weighted by molar-refractivity contribution is -0.106. The van der Waals surface area contributed by atoms with Crippen LogP contribution in [0.2, 0.25) is 0 Å². The maximum atomic E-state index is 5.87. The quantitative estimate of drug-likeness (QED) is 0.580. The molecule has 23 heavy (non-hydrogen) atoms. The zero-order chi connectivity index (χ0) is 17.2. The Kier molecular flexibility index (Phi) is 5.95. The van der Waals surface area contributed by atoms with Gasteiger partial charge in [-0.25, -0.2) is 0 Å². The second kappa shape index (κ2) is 7.39. The van der Waals surface area contributed by atoms with Gasteiger partial charge in [-0.2, -0.15) is 0 Å². The molecule has 1 saturated heterocycles. The van der Waals surface area contributed by atoms with Crippen molar-refractivity contribution in [1.29, 1.82) is 0 Å². The van der Waals surface area contributed by atoms with Crippen molar-refractivity contribution in [3.05, 3.63) is 0 Å². The molecule has 2 fully saturated rings. The predicted molar refractivity (Wildman–Crippen MR) is 96.9 cm³/mol. The van der Waals surface area contributed by atoms with Crippen LogP contribution in [0.1, 0.15) is 48.0 Å². The van der Waals surface area contributed by atoms with Gasteiger partial charge >= 0.3 is 0 Å². The van der Waals surface area contributed by atoms with E-state index in [0.717, 1.165) is 32.1 Å². The molecule has 134 valence electrons. The molecule has 0 radical (unpaired) electrons. The van der Waals surface area contributed by atoms with E-state index in [4.69, 9.17) is 4.74 Å². The van der Waals surface area contributed by atoms with Crippen LogP contribution in [0, 0.1) is 11.3 Å². The summed E-state index contributed by atoms with van der Waals surface area (Å²) < 4.78 is 5.87. The smallest absolute Gasteiger partial charge is 0.191 e. The number of rotatable bonds is 6. The molecule has 0 aromatic heterocycles. The largest absolute Gasteiger partial charge is 0.377 e. The topological polar surface area (TPSA) is 48.9 Å². The van der Waals surface area contributed by atoms with Crippen LogP contribution in [0.15, 0.2) is 4.99 Å². The zero-order valence-corrected chi connectivity index (χ0v) is 16.0. The van der Waals surface area contributed by atoms with Gasteiger partial charge in [-0.3, -0.25) is 9.89 Å². The Hall–Kier alpha value is -0.810. The molecule has 3 atom stereocenters. The van der Waals surface area contributed by atoms with Gasteiger partial charge < -0.3 is 15.4 Å². The SMILES string of the molecule is CN=C(NCCN(C(C)C)C(C)C)NC1C2CCOC2C1(C)C. The van der Waals surface area contributed by atoms with E-state index in [9.17, 15) is 0 Å². The number of nitrogens with zero attached hydrogens (tertiary/aromatic N) is 2. The van der Waals surface area contributed by atoms with E-state index in [1.54, 1.807) is 0 Å². The highest BCUT2D eigenvalue weighted by molar-refractivity contribution is 5.80. The minimum Gasteiger partial charge on any atom is -0.377 e. The van der Waals surface area contributed by atoms with Crippen LogP contribution in [0.25, 0.3) is 0 Å². The number of fused-ring (bicyclic) bond motifs is 1. The fraction of sp³-hybridized carbons (Fsp3) is 0.944. The third-order valence-corrected chi connectivity index (χ3v) is 5.61. The van der Waals surface area contributed by atoms with E-state index in [1.165, 1.54) is 0 Å². The summed E-state index contributed by atoms with van der Waals surface area (Å²) in [6, 6.07) is 1.58. The van der Waals surface area contributed by atoms with Crippen molar-refractivity contribution >= 4 is 5.96 Å². The van der Waals surface area contributed by atoms with Crippen LogP contribution < -0.4 is 10.6 Å². The van der Waals surface area contributed by atoms with Crippen molar-refractivity contribution in [3.63, 3.8) is 0 Å². The molecule has 5 nitrogen and oxygen atoms in total. The minimum absolute atomic E-state index is 0.181. The molecule has 0 amide bonds. The lowest BCUT2D eigenvalue weighted by Gasteiger charge is -2.54. The Bertz CT molecular complexity index is 411. The lowest BCUT2D eigenvalue weighted by atomic mass is 9.57. The molecule has 2 rings (SSSR count). The second-order valence-electron chi connectivity index (χ2n) is 8.11. The van der Waals surface area contributed by atoms with Crippen molar-refractivity contribution in [3.8, 4) is 0 Å². The van der Waals surface area contributed by atoms with Crippen LogP contribution in [-0.4, -0.2) is 61.8 Å². The van der Waals surface area contributed by atoms with Gasteiger partial charge in [0.05, 0.1) is 6.10 Å². The molecule has 5 heteroatoms. The van der Waals surface area contributed by atoms with Crippen molar-refractivity contribution in [2.45, 2.75) is 72.2 Å². The van der Waals surface area contributed by atoms with Gasteiger partial charge in [-0.1, -0.05) is 13.8 Å². The van der Waals surface area contributed by atoms with Gasteiger partial charge in [0.2, 0.25) is 0 Å². The van der Waals surface area contributed by atoms with E-state index in [-0.39, 0.29) is 5.41 Å². The molecule has 1 aliphatic carbocycles. The molecule has 0 bridgehead atoms. The van der Waals surface area contributed by atoms with Crippen molar-refractivity contribution in [1.82, 2.24) is 15.5 Å². The van der Waals surface area contributed by atoms with Crippen LogP contribution in [-0.2, 0) is 4.74 Å². The number of aliphatic imine (C=N–C) groups is 1. The summed E-state index contributed by atoms with van der Waals surface area (Å²) in [5, 5.41) is 7.12.